The Morgan fingerprint density at radius 1 is 1.33 bits per heavy atom. The van der Waals surface area contributed by atoms with Gasteiger partial charge in [-0.3, -0.25) is 4.79 Å². The van der Waals surface area contributed by atoms with Crippen molar-refractivity contribution in [2.24, 2.45) is 5.92 Å². The lowest BCUT2D eigenvalue weighted by atomic mass is 10.0. The molecule has 1 saturated heterocycles. The van der Waals surface area contributed by atoms with Crippen LogP contribution in [0, 0.1) is 19.8 Å². The average molecular weight is 332 g/mol. The minimum atomic E-state index is -3.69. The Balaban J connectivity index is 2.38. The maximum absolute atomic E-state index is 12.7. The Kier molecular flexibility index (Phi) is 4.60. The van der Waals surface area contributed by atoms with Crippen LogP contribution in [0.15, 0.2) is 17.0 Å². The van der Waals surface area contributed by atoms with Crippen LogP contribution in [0.1, 0.15) is 24.0 Å². The van der Waals surface area contributed by atoms with Crippen LogP contribution in [0.5, 0.6) is 0 Å². The fourth-order valence-corrected chi connectivity index (χ4v) is 4.57. The van der Waals surface area contributed by atoms with E-state index in [0.29, 0.717) is 35.5 Å². The SMILES string of the molecule is Cc1cc(S(=O)(=O)N2CCCC(C(=O)O)C2)c(C)cc1Cl. The summed E-state index contributed by atoms with van der Waals surface area (Å²) in [6, 6.07) is 3.18. The van der Waals surface area contributed by atoms with E-state index >= 15 is 0 Å². The van der Waals surface area contributed by atoms with Gasteiger partial charge in [0.2, 0.25) is 10.0 Å². The van der Waals surface area contributed by atoms with E-state index in [9.17, 15) is 13.2 Å². The largest absolute Gasteiger partial charge is 0.481 e. The van der Waals surface area contributed by atoms with Crippen LogP contribution in [0.4, 0.5) is 0 Å². The molecule has 0 amide bonds. The minimum Gasteiger partial charge on any atom is -0.481 e. The van der Waals surface area contributed by atoms with E-state index in [1.54, 1.807) is 26.0 Å². The second kappa shape index (κ2) is 5.94. The number of carboxylic acids is 1. The molecule has 0 bridgehead atoms. The second-order valence-electron chi connectivity index (χ2n) is 5.41. The van der Waals surface area contributed by atoms with Gasteiger partial charge in [-0.1, -0.05) is 11.6 Å². The monoisotopic (exact) mass is 331 g/mol. The highest BCUT2D eigenvalue weighted by atomic mass is 35.5. The van der Waals surface area contributed by atoms with Crippen molar-refractivity contribution in [3.63, 3.8) is 0 Å². The number of rotatable bonds is 3. The molecule has 2 rings (SSSR count). The van der Waals surface area contributed by atoms with Gasteiger partial charge in [0.15, 0.2) is 0 Å². The number of sulfonamides is 1. The van der Waals surface area contributed by atoms with E-state index in [2.05, 4.69) is 0 Å². The molecule has 1 fully saturated rings. The molecule has 1 N–H and O–H groups in total. The van der Waals surface area contributed by atoms with Crippen LogP contribution in [0.3, 0.4) is 0 Å². The summed E-state index contributed by atoms with van der Waals surface area (Å²) < 4.78 is 26.7. The molecule has 0 saturated carbocycles. The topological polar surface area (TPSA) is 74.7 Å². The molecule has 0 aliphatic carbocycles. The quantitative estimate of drug-likeness (QED) is 0.923. The van der Waals surface area contributed by atoms with Gasteiger partial charge in [0.05, 0.1) is 10.8 Å². The lowest BCUT2D eigenvalue weighted by Gasteiger charge is -2.30. The molecule has 0 aromatic heterocycles. The van der Waals surface area contributed by atoms with Crippen molar-refractivity contribution < 1.29 is 18.3 Å². The number of benzene rings is 1. The third kappa shape index (κ3) is 3.22. The first-order chi connectivity index (χ1) is 9.73. The Bertz CT molecular complexity index is 672. The number of halogens is 1. The number of piperidine rings is 1. The minimum absolute atomic E-state index is 0.0266. The first-order valence-corrected chi connectivity index (χ1v) is 8.55. The molecule has 1 aromatic carbocycles. The molecule has 1 atom stereocenters. The van der Waals surface area contributed by atoms with Gasteiger partial charge < -0.3 is 5.11 Å². The molecule has 1 aliphatic rings. The van der Waals surface area contributed by atoms with Crippen LogP contribution in [0.2, 0.25) is 5.02 Å². The first-order valence-electron chi connectivity index (χ1n) is 6.73. The molecule has 7 heteroatoms. The smallest absolute Gasteiger partial charge is 0.307 e. The van der Waals surface area contributed by atoms with Crippen LogP contribution < -0.4 is 0 Å². The van der Waals surface area contributed by atoms with Gasteiger partial charge in [0, 0.05) is 18.1 Å². The molecule has 21 heavy (non-hydrogen) atoms. The van der Waals surface area contributed by atoms with Gasteiger partial charge >= 0.3 is 5.97 Å². The normalized spacial score (nSPS) is 20.4. The van der Waals surface area contributed by atoms with Crippen molar-refractivity contribution >= 4 is 27.6 Å². The van der Waals surface area contributed by atoms with Gasteiger partial charge in [0.1, 0.15) is 0 Å². The summed E-state index contributed by atoms with van der Waals surface area (Å²) in [5.74, 6) is -1.58. The standard InChI is InChI=1S/C14H18ClNO4S/c1-9-7-13(10(2)6-12(9)15)21(19,20)16-5-3-4-11(8-16)14(17)18/h6-7,11H,3-5,8H2,1-2H3,(H,17,18). The molecule has 5 nitrogen and oxygen atoms in total. The highest BCUT2D eigenvalue weighted by Gasteiger charge is 2.34. The summed E-state index contributed by atoms with van der Waals surface area (Å²) in [6.07, 6.45) is 1.07. The predicted octanol–water partition coefficient (Wildman–Crippen LogP) is 2.44. The Morgan fingerprint density at radius 3 is 2.62 bits per heavy atom. The summed E-state index contributed by atoms with van der Waals surface area (Å²) in [6.45, 7) is 3.82. The average Bonchev–Trinajstić information content (AvgIpc) is 2.42. The number of hydrogen-bond donors (Lipinski definition) is 1. The fraction of sp³-hybridized carbons (Fsp3) is 0.500. The van der Waals surface area contributed by atoms with E-state index in [1.807, 2.05) is 0 Å². The summed E-state index contributed by atoms with van der Waals surface area (Å²) >= 11 is 6.00. The third-order valence-electron chi connectivity index (χ3n) is 3.81. The Labute approximate surface area is 129 Å². The van der Waals surface area contributed by atoms with Crippen LogP contribution in [0.25, 0.3) is 0 Å². The molecular formula is C14H18ClNO4S. The summed E-state index contributed by atoms with van der Waals surface area (Å²) in [5.41, 5.74) is 1.26. The zero-order valence-corrected chi connectivity index (χ0v) is 13.5. The van der Waals surface area contributed by atoms with Crippen molar-refractivity contribution in [2.45, 2.75) is 31.6 Å². The third-order valence-corrected chi connectivity index (χ3v) is 6.22. The maximum atomic E-state index is 12.7. The van der Waals surface area contributed by atoms with Crippen LogP contribution >= 0.6 is 11.6 Å². The van der Waals surface area contributed by atoms with Crippen molar-refractivity contribution in [2.75, 3.05) is 13.1 Å². The molecule has 1 aromatic rings. The van der Waals surface area contributed by atoms with Crippen molar-refractivity contribution in [1.29, 1.82) is 0 Å². The summed E-state index contributed by atoms with van der Waals surface area (Å²) in [4.78, 5) is 11.3. The van der Waals surface area contributed by atoms with E-state index in [0.717, 1.165) is 0 Å². The molecule has 0 spiro atoms. The zero-order chi connectivity index (χ0) is 15.8. The number of aryl methyl sites for hydroxylation is 2. The highest BCUT2D eigenvalue weighted by molar-refractivity contribution is 7.89. The predicted molar refractivity (Wildman–Crippen MR) is 80.0 cm³/mol. The Morgan fingerprint density at radius 2 is 2.00 bits per heavy atom. The van der Waals surface area contributed by atoms with E-state index in [4.69, 9.17) is 16.7 Å². The van der Waals surface area contributed by atoms with Crippen molar-refractivity contribution in [1.82, 2.24) is 4.31 Å². The molecular weight excluding hydrogens is 314 g/mol. The second-order valence-corrected chi connectivity index (χ2v) is 7.72. The van der Waals surface area contributed by atoms with Gasteiger partial charge in [-0.25, -0.2) is 8.42 Å². The lowest BCUT2D eigenvalue weighted by molar-refractivity contribution is -0.142. The summed E-state index contributed by atoms with van der Waals surface area (Å²) in [5, 5.41) is 9.61. The zero-order valence-electron chi connectivity index (χ0n) is 12.0. The van der Waals surface area contributed by atoms with E-state index < -0.39 is 21.9 Å². The molecule has 1 heterocycles. The number of hydrogen-bond acceptors (Lipinski definition) is 3. The van der Waals surface area contributed by atoms with E-state index in [1.165, 1.54) is 4.31 Å². The van der Waals surface area contributed by atoms with E-state index in [-0.39, 0.29) is 11.4 Å². The van der Waals surface area contributed by atoms with Gasteiger partial charge in [0.25, 0.3) is 0 Å². The number of nitrogens with zero attached hydrogens (tertiary/aromatic N) is 1. The van der Waals surface area contributed by atoms with Crippen LogP contribution in [-0.4, -0.2) is 36.9 Å². The Hall–Kier alpha value is -1.11. The van der Waals surface area contributed by atoms with Gasteiger partial charge in [-0.15, -0.1) is 0 Å². The van der Waals surface area contributed by atoms with Crippen molar-refractivity contribution in [3.05, 3.63) is 28.3 Å². The fourth-order valence-electron chi connectivity index (χ4n) is 2.53. The number of carbonyl (C=O) groups is 1. The van der Waals surface area contributed by atoms with Gasteiger partial charge in [-0.05, 0) is 49.9 Å². The maximum Gasteiger partial charge on any atom is 0.307 e. The van der Waals surface area contributed by atoms with Crippen LogP contribution in [-0.2, 0) is 14.8 Å². The highest BCUT2D eigenvalue weighted by Crippen LogP contribution is 2.29. The molecule has 1 unspecified atom stereocenters. The van der Waals surface area contributed by atoms with Crippen molar-refractivity contribution in [3.8, 4) is 0 Å². The molecule has 116 valence electrons. The molecule has 0 radical (unpaired) electrons. The summed E-state index contributed by atoms with van der Waals surface area (Å²) in [7, 11) is -3.69. The number of aliphatic carboxylic acids is 1. The lowest BCUT2D eigenvalue weighted by Crippen LogP contribution is -2.42. The van der Waals surface area contributed by atoms with Gasteiger partial charge in [-0.2, -0.15) is 4.31 Å². The number of carboxylic acid groups (broad SMARTS) is 1. The molecule has 1 aliphatic heterocycles. The first kappa shape index (κ1) is 16.3.